The van der Waals surface area contributed by atoms with Gasteiger partial charge in [0.25, 0.3) is 0 Å². The zero-order chi connectivity index (χ0) is 23.1. The molecular weight excluding hydrogens is 445 g/mol. The molecule has 0 spiro atoms. The molecule has 0 aromatic heterocycles. The van der Waals surface area contributed by atoms with Crippen LogP contribution in [0.2, 0.25) is 10.0 Å². The van der Waals surface area contributed by atoms with E-state index in [1.165, 1.54) is 30.3 Å². The zero-order valence-corrected chi connectivity index (χ0v) is 18.8. The van der Waals surface area contributed by atoms with Crippen LogP contribution < -0.4 is 0 Å². The number of nitriles is 1. The Labute approximate surface area is 190 Å². The maximum Gasteiger partial charge on any atom is 0.327 e. The Kier molecular flexibility index (Phi) is 6.50. The maximum atomic E-state index is 15.1. The molecular formula is C23H22Cl2F2N2O2. The fourth-order valence-electron chi connectivity index (χ4n) is 4.56. The number of halogens is 4. The van der Waals surface area contributed by atoms with E-state index in [4.69, 9.17) is 23.2 Å². The van der Waals surface area contributed by atoms with Crippen LogP contribution in [-0.2, 0) is 4.79 Å². The van der Waals surface area contributed by atoms with Crippen molar-refractivity contribution in [2.75, 3.05) is 0 Å². The van der Waals surface area contributed by atoms with E-state index in [9.17, 15) is 15.2 Å². The highest BCUT2D eigenvalue weighted by molar-refractivity contribution is 6.31. The lowest BCUT2D eigenvalue weighted by molar-refractivity contribution is -0.142. The van der Waals surface area contributed by atoms with E-state index in [1.54, 1.807) is 0 Å². The molecule has 1 saturated heterocycles. The molecule has 0 aliphatic carbocycles. The van der Waals surface area contributed by atoms with Crippen molar-refractivity contribution >= 4 is 29.2 Å². The average molecular weight is 467 g/mol. The van der Waals surface area contributed by atoms with Gasteiger partial charge in [-0.2, -0.15) is 5.26 Å². The van der Waals surface area contributed by atoms with Gasteiger partial charge in [0.05, 0.1) is 5.02 Å². The minimum Gasteiger partial charge on any atom is -0.480 e. The van der Waals surface area contributed by atoms with E-state index in [-0.39, 0.29) is 26.6 Å². The largest absolute Gasteiger partial charge is 0.480 e. The molecule has 0 amide bonds. The first-order valence-electron chi connectivity index (χ1n) is 9.76. The molecule has 1 aliphatic rings. The van der Waals surface area contributed by atoms with E-state index in [2.05, 4.69) is 0 Å². The number of carbonyl (C=O) groups is 1. The SMILES string of the molecule is CC(C)(C)C[C@H]1[C@@H](c2ccc(Cl)cc2F)[C@@H](c2cccc(Cl)c2F)[C@H](C(=O)O)N1C#N. The van der Waals surface area contributed by atoms with Crippen molar-refractivity contribution in [1.29, 1.82) is 5.26 Å². The summed E-state index contributed by atoms with van der Waals surface area (Å²) in [5.74, 6) is -4.55. The van der Waals surface area contributed by atoms with E-state index < -0.39 is 41.5 Å². The Morgan fingerprint density at radius 1 is 1.16 bits per heavy atom. The van der Waals surface area contributed by atoms with E-state index in [1.807, 2.05) is 27.0 Å². The third-order valence-corrected chi connectivity index (χ3v) is 6.18. The van der Waals surface area contributed by atoms with Gasteiger partial charge in [0.2, 0.25) is 0 Å². The minimum absolute atomic E-state index is 0.0379. The molecule has 4 atom stereocenters. The van der Waals surface area contributed by atoms with Crippen LogP contribution in [0.3, 0.4) is 0 Å². The van der Waals surface area contributed by atoms with Crippen molar-refractivity contribution < 1.29 is 18.7 Å². The van der Waals surface area contributed by atoms with Crippen LogP contribution in [0.4, 0.5) is 8.78 Å². The molecule has 0 unspecified atom stereocenters. The third kappa shape index (κ3) is 4.49. The molecule has 4 nitrogen and oxygen atoms in total. The summed E-state index contributed by atoms with van der Waals surface area (Å²) in [6, 6.07) is 6.38. The Morgan fingerprint density at radius 2 is 1.84 bits per heavy atom. The lowest BCUT2D eigenvalue weighted by atomic mass is 9.74. The Morgan fingerprint density at radius 3 is 2.39 bits per heavy atom. The summed E-state index contributed by atoms with van der Waals surface area (Å²) < 4.78 is 30.2. The van der Waals surface area contributed by atoms with Crippen LogP contribution >= 0.6 is 23.2 Å². The van der Waals surface area contributed by atoms with Crippen LogP contribution in [0.5, 0.6) is 0 Å². The van der Waals surface area contributed by atoms with Crippen molar-refractivity contribution in [2.24, 2.45) is 5.41 Å². The first-order valence-corrected chi connectivity index (χ1v) is 10.5. The molecule has 8 heteroatoms. The van der Waals surface area contributed by atoms with Gasteiger partial charge in [-0.3, -0.25) is 4.90 Å². The van der Waals surface area contributed by atoms with Gasteiger partial charge >= 0.3 is 5.97 Å². The molecule has 3 rings (SSSR count). The van der Waals surface area contributed by atoms with Crippen LogP contribution in [0, 0.1) is 28.5 Å². The van der Waals surface area contributed by atoms with E-state index in [0.717, 1.165) is 11.0 Å². The Hall–Kier alpha value is -2.36. The van der Waals surface area contributed by atoms with Gasteiger partial charge < -0.3 is 5.11 Å². The second-order valence-corrected chi connectivity index (χ2v) is 9.83. The number of hydrogen-bond acceptors (Lipinski definition) is 3. The fraction of sp³-hybridized carbons (Fsp3) is 0.391. The van der Waals surface area contributed by atoms with Crippen LogP contribution in [0.15, 0.2) is 36.4 Å². The summed E-state index contributed by atoms with van der Waals surface area (Å²) in [5.41, 5.74) is -0.0888. The lowest BCUT2D eigenvalue weighted by Gasteiger charge is -2.32. The average Bonchev–Trinajstić information content (AvgIpc) is 2.96. The van der Waals surface area contributed by atoms with Gasteiger partial charge in [0, 0.05) is 22.9 Å². The highest BCUT2D eigenvalue weighted by Gasteiger charge is 2.55. The smallest absolute Gasteiger partial charge is 0.327 e. The maximum absolute atomic E-state index is 15.1. The van der Waals surface area contributed by atoms with E-state index in [0.29, 0.717) is 6.42 Å². The molecule has 31 heavy (non-hydrogen) atoms. The molecule has 164 valence electrons. The summed E-state index contributed by atoms with van der Waals surface area (Å²) in [6.45, 7) is 5.84. The molecule has 1 fully saturated rings. The van der Waals surface area contributed by atoms with Crippen molar-refractivity contribution in [3.05, 3.63) is 69.2 Å². The van der Waals surface area contributed by atoms with Crippen molar-refractivity contribution in [1.82, 2.24) is 4.90 Å². The second-order valence-electron chi connectivity index (χ2n) is 8.98. The van der Waals surface area contributed by atoms with Gasteiger partial charge in [-0.25, -0.2) is 13.6 Å². The molecule has 1 N–H and O–H groups in total. The van der Waals surface area contributed by atoms with Gasteiger partial charge in [-0.1, -0.05) is 62.2 Å². The van der Waals surface area contributed by atoms with Gasteiger partial charge in [0.15, 0.2) is 6.19 Å². The zero-order valence-electron chi connectivity index (χ0n) is 17.2. The first-order chi connectivity index (χ1) is 14.5. The summed E-state index contributed by atoms with van der Waals surface area (Å²) >= 11 is 11.9. The van der Waals surface area contributed by atoms with Gasteiger partial charge in [-0.15, -0.1) is 0 Å². The Balaban J connectivity index is 2.32. The quantitative estimate of drug-likeness (QED) is 0.545. The molecule has 0 radical (unpaired) electrons. The molecule has 1 aliphatic heterocycles. The number of aliphatic carboxylic acids is 1. The standard InChI is InChI=1S/C23H22Cl2F2N2O2/c1-23(2,3)10-17-18(13-8-7-12(24)9-16(13)26)19(21(22(30)31)29(17)11-28)14-5-4-6-15(25)20(14)27/h4-9,17-19,21H,10H2,1-3H3,(H,30,31)/t17-,18+,19+,21+/m0/s1. The highest BCUT2D eigenvalue weighted by Crippen LogP contribution is 2.52. The number of likely N-dealkylation sites (tertiary alicyclic amines) is 1. The summed E-state index contributed by atoms with van der Waals surface area (Å²) in [4.78, 5) is 13.5. The molecule has 1 heterocycles. The normalized spacial score (nSPS) is 23.6. The summed E-state index contributed by atoms with van der Waals surface area (Å²) in [5, 5.41) is 20.0. The third-order valence-electron chi connectivity index (χ3n) is 5.65. The number of nitrogens with zero attached hydrogens (tertiary/aromatic N) is 2. The van der Waals surface area contributed by atoms with Crippen molar-refractivity contribution in [3.63, 3.8) is 0 Å². The molecule has 0 saturated carbocycles. The van der Waals surface area contributed by atoms with Gasteiger partial charge in [0.1, 0.15) is 17.7 Å². The van der Waals surface area contributed by atoms with Gasteiger partial charge in [-0.05, 0) is 41.2 Å². The summed E-state index contributed by atoms with van der Waals surface area (Å²) in [7, 11) is 0. The Bertz CT molecular complexity index is 1050. The lowest BCUT2D eigenvalue weighted by Crippen LogP contribution is -2.40. The highest BCUT2D eigenvalue weighted by atomic mass is 35.5. The number of hydrogen-bond donors (Lipinski definition) is 1. The van der Waals surface area contributed by atoms with Crippen LogP contribution in [0.1, 0.15) is 50.2 Å². The molecule has 0 bridgehead atoms. The number of carboxylic acid groups (broad SMARTS) is 1. The number of carboxylic acids is 1. The molecule has 2 aromatic rings. The molecule has 2 aromatic carbocycles. The fourth-order valence-corrected chi connectivity index (χ4v) is 4.90. The first kappa shape index (κ1) is 23.3. The van der Waals surface area contributed by atoms with E-state index >= 15 is 8.78 Å². The second kappa shape index (κ2) is 8.64. The minimum atomic E-state index is -1.38. The monoisotopic (exact) mass is 466 g/mol. The van der Waals surface area contributed by atoms with Crippen molar-refractivity contribution in [2.45, 2.75) is 51.1 Å². The summed E-state index contributed by atoms with van der Waals surface area (Å²) in [6.07, 6.45) is 2.37. The number of benzene rings is 2. The van der Waals surface area contributed by atoms with Crippen LogP contribution in [0.25, 0.3) is 0 Å². The predicted molar refractivity (Wildman–Crippen MR) is 115 cm³/mol. The predicted octanol–water partition coefficient (Wildman–Crippen LogP) is 6.19. The topological polar surface area (TPSA) is 64.3 Å². The van der Waals surface area contributed by atoms with Crippen LogP contribution in [-0.4, -0.2) is 28.1 Å². The number of rotatable bonds is 4. The van der Waals surface area contributed by atoms with Crippen molar-refractivity contribution in [3.8, 4) is 6.19 Å².